The Morgan fingerprint density at radius 3 is 2.36 bits per heavy atom. The van der Waals surface area contributed by atoms with E-state index in [0.29, 0.717) is 5.56 Å². The molecular formula is C18H20N2O2. The predicted octanol–water partition coefficient (Wildman–Crippen LogP) is 2.88. The van der Waals surface area contributed by atoms with Crippen molar-refractivity contribution in [3.8, 4) is 0 Å². The molecule has 1 saturated heterocycles. The molecule has 3 rings (SSSR count). The summed E-state index contributed by atoms with van der Waals surface area (Å²) < 4.78 is 0. The van der Waals surface area contributed by atoms with Crippen LogP contribution in [0.1, 0.15) is 22.0 Å². The van der Waals surface area contributed by atoms with Crippen LogP contribution in [0.5, 0.6) is 0 Å². The molecule has 114 valence electrons. The van der Waals surface area contributed by atoms with Crippen LogP contribution in [0.2, 0.25) is 0 Å². The van der Waals surface area contributed by atoms with E-state index in [1.807, 2.05) is 18.2 Å². The van der Waals surface area contributed by atoms with Gasteiger partial charge in [0.15, 0.2) is 0 Å². The minimum atomic E-state index is -0.885. The van der Waals surface area contributed by atoms with Crippen molar-refractivity contribution in [3.05, 3.63) is 65.7 Å². The fraction of sp³-hybridized carbons (Fsp3) is 0.278. The fourth-order valence-corrected chi connectivity index (χ4v) is 2.98. The van der Waals surface area contributed by atoms with Crippen molar-refractivity contribution in [1.82, 2.24) is 4.90 Å². The van der Waals surface area contributed by atoms with Crippen LogP contribution in [0.4, 0.5) is 5.69 Å². The third-order valence-electron chi connectivity index (χ3n) is 4.21. The summed E-state index contributed by atoms with van der Waals surface area (Å²) in [5.41, 5.74) is 2.69. The Balaban J connectivity index is 1.90. The predicted molar refractivity (Wildman–Crippen MR) is 87.4 cm³/mol. The van der Waals surface area contributed by atoms with Crippen molar-refractivity contribution in [2.45, 2.75) is 6.04 Å². The molecule has 1 unspecified atom stereocenters. The second kappa shape index (κ2) is 6.20. The van der Waals surface area contributed by atoms with E-state index in [4.69, 9.17) is 5.11 Å². The Labute approximate surface area is 130 Å². The van der Waals surface area contributed by atoms with Crippen LogP contribution < -0.4 is 4.90 Å². The first-order valence-corrected chi connectivity index (χ1v) is 7.48. The quantitative estimate of drug-likeness (QED) is 0.946. The Hall–Kier alpha value is -2.33. The van der Waals surface area contributed by atoms with Gasteiger partial charge in [-0.2, -0.15) is 0 Å². The summed E-state index contributed by atoms with van der Waals surface area (Å²) >= 11 is 0. The highest BCUT2D eigenvalue weighted by atomic mass is 16.4. The number of piperazine rings is 1. The van der Waals surface area contributed by atoms with Crippen molar-refractivity contribution in [1.29, 1.82) is 0 Å². The largest absolute Gasteiger partial charge is 0.478 e. The van der Waals surface area contributed by atoms with E-state index in [1.165, 1.54) is 5.56 Å². The molecule has 1 aliphatic heterocycles. The molecule has 0 bridgehead atoms. The molecular weight excluding hydrogens is 276 g/mol. The van der Waals surface area contributed by atoms with Gasteiger partial charge in [-0.25, -0.2) is 4.79 Å². The highest BCUT2D eigenvalue weighted by molar-refractivity contribution is 5.88. The van der Waals surface area contributed by atoms with Crippen LogP contribution in [0.15, 0.2) is 54.6 Å². The van der Waals surface area contributed by atoms with Gasteiger partial charge in [-0.3, -0.25) is 0 Å². The zero-order chi connectivity index (χ0) is 15.5. The zero-order valence-electron chi connectivity index (χ0n) is 12.6. The number of hydrogen-bond donors (Lipinski definition) is 1. The van der Waals surface area contributed by atoms with Gasteiger partial charge in [0.05, 0.1) is 11.6 Å². The van der Waals surface area contributed by atoms with E-state index in [0.717, 1.165) is 25.3 Å². The van der Waals surface area contributed by atoms with E-state index in [-0.39, 0.29) is 6.04 Å². The summed E-state index contributed by atoms with van der Waals surface area (Å²) in [7, 11) is 2.14. The lowest BCUT2D eigenvalue weighted by Gasteiger charge is -2.42. The van der Waals surface area contributed by atoms with Crippen molar-refractivity contribution in [3.63, 3.8) is 0 Å². The fourth-order valence-electron chi connectivity index (χ4n) is 2.98. The summed E-state index contributed by atoms with van der Waals surface area (Å²) in [5, 5.41) is 9.03. The Bertz CT molecular complexity index is 640. The molecule has 1 fully saturated rings. The van der Waals surface area contributed by atoms with Crippen LogP contribution in [-0.2, 0) is 0 Å². The van der Waals surface area contributed by atoms with E-state index < -0.39 is 5.97 Å². The third-order valence-corrected chi connectivity index (χ3v) is 4.21. The normalized spacial score (nSPS) is 19.1. The van der Waals surface area contributed by atoms with E-state index >= 15 is 0 Å². The van der Waals surface area contributed by atoms with Crippen LogP contribution in [0, 0.1) is 0 Å². The molecule has 1 heterocycles. The second-order valence-corrected chi connectivity index (χ2v) is 5.73. The summed E-state index contributed by atoms with van der Waals surface area (Å²) in [4.78, 5) is 15.7. The lowest BCUT2D eigenvalue weighted by Crippen LogP contribution is -2.46. The molecule has 0 aliphatic carbocycles. The van der Waals surface area contributed by atoms with E-state index in [9.17, 15) is 4.79 Å². The Morgan fingerprint density at radius 2 is 1.73 bits per heavy atom. The molecule has 0 amide bonds. The lowest BCUT2D eigenvalue weighted by molar-refractivity contribution is 0.0697. The van der Waals surface area contributed by atoms with Gasteiger partial charge in [0.2, 0.25) is 0 Å². The third kappa shape index (κ3) is 2.97. The van der Waals surface area contributed by atoms with E-state index in [1.54, 1.807) is 12.1 Å². The number of benzene rings is 2. The summed E-state index contributed by atoms with van der Waals surface area (Å²) in [6.45, 7) is 2.90. The molecule has 2 aromatic carbocycles. The average Bonchev–Trinajstić information content (AvgIpc) is 2.56. The molecule has 4 heteroatoms. The molecule has 1 aliphatic rings. The summed E-state index contributed by atoms with van der Waals surface area (Å²) in [5.74, 6) is -0.885. The maximum Gasteiger partial charge on any atom is 0.335 e. The first-order valence-electron chi connectivity index (χ1n) is 7.48. The van der Waals surface area contributed by atoms with Crippen LogP contribution in [0.3, 0.4) is 0 Å². The van der Waals surface area contributed by atoms with Gasteiger partial charge in [-0.15, -0.1) is 0 Å². The number of nitrogens with zero attached hydrogens (tertiary/aromatic N) is 2. The second-order valence-electron chi connectivity index (χ2n) is 5.73. The molecule has 1 N–H and O–H groups in total. The van der Waals surface area contributed by atoms with Gasteiger partial charge >= 0.3 is 5.97 Å². The number of aromatic carboxylic acids is 1. The molecule has 0 aromatic heterocycles. The van der Waals surface area contributed by atoms with Crippen molar-refractivity contribution in [2.24, 2.45) is 0 Å². The number of likely N-dealkylation sites (N-methyl/N-ethyl adjacent to an activating group) is 1. The highest BCUT2D eigenvalue weighted by Gasteiger charge is 2.26. The Kier molecular flexibility index (Phi) is 4.11. The SMILES string of the molecule is CN1CCN(c2ccc(C(=O)O)cc2)C(c2ccccc2)C1. The monoisotopic (exact) mass is 296 g/mol. The van der Waals surface area contributed by atoms with Gasteiger partial charge < -0.3 is 14.9 Å². The van der Waals surface area contributed by atoms with Crippen LogP contribution >= 0.6 is 0 Å². The van der Waals surface area contributed by atoms with Gasteiger partial charge in [0, 0.05) is 25.3 Å². The van der Waals surface area contributed by atoms with Gasteiger partial charge in [0.25, 0.3) is 0 Å². The molecule has 22 heavy (non-hydrogen) atoms. The molecule has 0 spiro atoms. The first kappa shape index (κ1) is 14.6. The van der Waals surface area contributed by atoms with Crippen molar-refractivity contribution >= 4 is 11.7 Å². The summed E-state index contributed by atoms with van der Waals surface area (Å²) in [6, 6.07) is 17.9. The van der Waals surface area contributed by atoms with Crippen molar-refractivity contribution in [2.75, 3.05) is 31.6 Å². The molecule has 0 saturated carbocycles. The smallest absolute Gasteiger partial charge is 0.335 e. The molecule has 4 nitrogen and oxygen atoms in total. The first-order chi connectivity index (χ1) is 10.6. The number of carbonyl (C=O) groups is 1. The number of hydrogen-bond acceptors (Lipinski definition) is 3. The highest BCUT2D eigenvalue weighted by Crippen LogP contribution is 2.30. The minimum absolute atomic E-state index is 0.288. The topological polar surface area (TPSA) is 43.8 Å². The maximum atomic E-state index is 11.0. The summed E-state index contributed by atoms with van der Waals surface area (Å²) in [6.07, 6.45) is 0. The Morgan fingerprint density at radius 1 is 1.05 bits per heavy atom. The average molecular weight is 296 g/mol. The maximum absolute atomic E-state index is 11.0. The van der Waals surface area contributed by atoms with Gasteiger partial charge in [-0.1, -0.05) is 30.3 Å². The molecule has 0 radical (unpaired) electrons. The number of rotatable bonds is 3. The van der Waals surface area contributed by atoms with Gasteiger partial charge in [0.1, 0.15) is 0 Å². The number of carboxylic acids is 1. The van der Waals surface area contributed by atoms with Crippen LogP contribution in [0.25, 0.3) is 0 Å². The number of anilines is 1. The zero-order valence-corrected chi connectivity index (χ0v) is 12.6. The number of carboxylic acid groups (broad SMARTS) is 1. The lowest BCUT2D eigenvalue weighted by atomic mass is 10.0. The molecule has 1 atom stereocenters. The van der Waals surface area contributed by atoms with E-state index in [2.05, 4.69) is 41.1 Å². The van der Waals surface area contributed by atoms with Gasteiger partial charge in [-0.05, 0) is 36.9 Å². The van der Waals surface area contributed by atoms with Crippen molar-refractivity contribution < 1.29 is 9.90 Å². The molecule has 2 aromatic rings. The minimum Gasteiger partial charge on any atom is -0.478 e. The van der Waals surface area contributed by atoms with Crippen LogP contribution in [-0.4, -0.2) is 42.7 Å². The standard InChI is InChI=1S/C18H20N2O2/c1-19-11-12-20(16-9-7-15(8-10-16)18(21)22)17(13-19)14-5-3-2-4-6-14/h2-10,17H,11-13H2,1H3,(H,21,22).